The van der Waals surface area contributed by atoms with Gasteiger partial charge >= 0.3 is 0 Å². The van der Waals surface area contributed by atoms with Crippen LogP contribution in [0.4, 0.5) is 11.8 Å². The number of para-hydroxylation sites is 1. The van der Waals surface area contributed by atoms with Gasteiger partial charge in [0.05, 0.1) is 36.3 Å². The average Bonchev–Trinajstić information content (AvgIpc) is 3.00. The van der Waals surface area contributed by atoms with Crippen LogP contribution < -0.4 is 26.7 Å². The molecule has 5 N–H and O–H groups in total. The molecule has 0 aliphatic rings. The Morgan fingerprint density at radius 2 is 1.90 bits per heavy atom. The summed E-state index contributed by atoms with van der Waals surface area (Å²) in [6.07, 6.45) is 2.93. The zero-order valence-electron chi connectivity index (χ0n) is 22.4. The maximum absolute atomic E-state index is 14.3. The van der Waals surface area contributed by atoms with E-state index in [9.17, 15) is 9.59 Å². The van der Waals surface area contributed by atoms with E-state index in [-0.39, 0.29) is 36.0 Å². The van der Waals surface area contributed by atoms with Crippen LogP contribution in [0.15, 0.2) is 77.9 Å². The van der Waals surface area contributed by atoms with Gasteiger partial charge in [0, 0.05) is 25.0 Å². The summed E-state index contributed by atoms with van der Waals surface area (Å²) in [5.41, 5.74) is 8.23. The number of nitrogens with two attached hydrogens (primary N) is 1. The molecule has 0 aliphatic carbocycles. The number of ether oxygens (including phenoxy) is 1. The standard InChI is InChI=1S/C29H28N8O4/c1-17(34-25-21(16-33-29(30)36-25)27(39)32-13-14-38)26-35-22-10-6-9-20(18-11-12-31-23(15-18)41-2)24(22)28(40)37(26)19-7-4-3-5-8-19/h3-12,15-17,38H,13-14H2,1-2H3,(H,32,39)(H3,30,33,34,36)/t17-/m1/s1. The number of rotatable bonds is 9. The Morgan fingerprint density at radius 1 is 1.10 bits per heavy atom. The molecule has 0 fully saturated rings. The second kappa shape index (κ2) is 11.8. The van der Waals surface area contributed by atoms with Crippen molar-refractivity contribution in [1.29, 1.82) is 0 Å². The van der Waals surface area contributed by atoms with Crippen LogP contribution >= 0.6 is 0 Å². The number of benzene rings is 2. The van der Waals surface area contributed by atoms with Gasteiger partial charge in [-0.05, 0) is 42.3 Å². The van der Waals surface area contributed by atoms with E-state index >= 15 is 0 Å². The molecule has 5 rings (SSSR count). The van der Waals surface area contributed by atoms with E-state index in [0.29, 0.717) is 33.9 Å². The lowest BCUT2D eigenvalue weighted by atomic mass is 10.0. The second-order valence-electron chi connectivity index (χ2n) is 9.07. The van der Waals surface area contributed by atoms with Crippen molar-refractivity contribution in [2.45, 2.75) is 13.0 Å². The van der Waals surface area contributed by atoms with E-state index < -0.39 is 11.9 Å². The molecular weight excluding hydrogens is 524 g/mol. The normalized spacial score (nSPS) is 11.7. The van der Waals surface area contributed by atoms with E-state index in [2.05, 4.69) is 25.6 Å². The minimum Gasteiger partial charge on any atom is -0.481 e. The second-order valence-corrected chi connectivity index (χ2v) is 9.07. The van der Waals surface area contributed by atoms with Gasteiger partial charge < -0.3 is 26.2 Å². The Labute approximate surface area is 234 Å². The molecule has 0 saturated heterocycles. The summed E-state index contributed by atoms with van der Waals surface area (Å²) in [6, 6.07) is 17.6. The molecule has 2 aromatic carbocycles. The van der Waals surface area contributed by atoms with Crippen LogP contribution in [0.5, 0.6) is 5.88 Å². The maximum atomic E-state index is 14.3. The third-order valence-electron chi connectivity index (χ3n) is 6.38. The van der Waals surface area contributed by atoms with Gasteiger partial charge in [0.15, 0.2) is 0 Å². The molecule has 0 radical (unpaired) electrons. The molecule has 12 nitrogen and oxygen atoms in total. The SMILES string of the molecule is COc1cc(-c2cccc3nc([C@@H](C)Nc4nc(N)ncc4C(=O)NCCO)n(-c4ccccc4)c(=O)c23)ccn1. The first-order valence-electron chi connectivity index (χ1n) is 12.8. The maximum Gasteiger partial charge on any atom is 0.266 e. The van der Waals surface area contributed by atoms with Crippen LogP contribution in [0.25, 0.3) is 27.7 Å². The zero-order chi connectivity index (χ0) is 28.9. The predicted octanol–water partition coefficient (Wildman–Crippen LogP) is 2.72. The molecule has 0 spiro atoms. The number of nitrogen functional groups attached to an aromatic ring is 1. The van der Waals surface area contributed by atoms with Gasteiger partial charge in [0.2, 0.25) is 11.8 Å². The number of nitrogens with one attached hydrogen (secondary N) is 2. The number of anilines is 2. The number of carbonyl (C=O) groups excluding carboxylic acids is 1. The highest BCUT2D eigenvalue weighted by Gasteiger charge is 2.23. The lowest BCUT2D eigenvalue weighted by molar-refractivity contribution is 0.0945. The van der Waals surface area contributed by atoms with Gasteiger partial charge in [-0.25, -0.2) is 15.0 Å². The highest BCUT2D eigenvalue weighted by atomic mass is 16.5. The van der Waals surface area contributed by atoms with Crippen LogP contribution in [0.2, 0.25) is 0 Å². The number of carbonyl (C=O) groups is 1. The summed E-state index contributed by atoms with van der Waals surface area (Å²) in [6.45, 7) is 1.64. The summed E-state index contributed by atoms with van der Waals surface area (Å²) < 4.78 is 6.84. The van der Waals surface area contributed by atoms with E-state index in [1.807, 2.05) is 48.5 Å². The molecule has 0 bridgehead atoms. The fraction of sp³-hybridized carbons (Fsp3) is 0.172. The fourth-order valence-electron chi connectivity index (χ4n) is 4.50. The Bertz CT molecular complexity index is 1780. The predicted molar refractivity (Wildman–Crippen MR) is 155 cm³/mol. The molecule has 3 heterocycles. The first-order chi connectivity index (χ1) is 19.9. The van der Waals surface area contributed by atoms with E-state index in [4.69, 9.17) is 20.6 Å². The minimum atomic E-state index is -0.615. The van der Waals surface area contributed by atoms with E-state index in [1.54, 1.807) is 25.3 Å². The number of pyridine rings is 1. The molecule has 5 aromatic rings. The smallest absolute Gasteiger partial charge is 0.266 e. The number of aromatic nitrogens is 5. The van der Waals surface area contributed by atoms with Crippen LogP contribution in [-0.4, -0.2) is 55.8 Å². The number of aliphatic hydroxyl groups is 1. The number of fused-ring (bicyclic) bond motifs is 1. The first-order valence-corrected chi connectivity index (χ1v) is 12.8. The summed E-state index contributed by atoms with van der Waals surface area (Å²) in [7, 11) is 1.53. The van der Waals surface area contributed by atoms with Crippen molar-refractivity contribution in [3.05, 3.63) is 94.8 Å². The quantitative estimate of drug-likeness (QED) is 0.213. The highest BCUT2D eigenvalue weighted by molar-refractivity contribution is 5.98. The molecule has 0 saturated carbocycles. The van der Waals surface area contributed by atoms with Crippen molar-refractivity contribution in [2.75, 3.05) is 31.3 Å². The molecule has 12 heteroatoms. The monoisotopic (exact) mass is 552 g/mol. The summed E-state index contributed by atoms with van der Waals surface area (Å²) in [5.74, 6) is 0.443. The molecule has 0 aliphatic heterocycles. The fourth-order valence-corrected chi connectivity index (χ4v) is 4.50. The minimum absolute atomic E-state index is 0.0391. The number of amides is 1. The van der Waals surface area contributed by atoms with Gasteiger partial charge in [-0.1, -0.05) is 30.3 Å². The van der Waals surface area contributed by atoms with Gasteiger partial charge in [0.1, 0.15) is 17.2 Å². The summed E-state index contributed by atoms with van der Waals surface area (Å²) in [5, 5.41) is 15.3. The highest BCUT2D eigenvalue weighted by Crippen LogP contribution is 2.29. The Balaban J connectivity index is 1.68. The van der Waals surface area contributed by atoms with Crippen molar-refractivity contribution >= 4 is 28.6 Å². The summed E-state index contributed by atoms with van der Waals surface area (Å²) in [4.78, 5) is 44.3. The summed E-state index contributed by atoms with van der Waals surface area (Å²) >= 11 is 0. The largest absolute Gasteiger partial charge is 0.481 e. The van der Waals surface area contributed by atoms with Gasteiger partial charge in [-0.3, -0.25) is 14.2 Å². The van der Waals surface area contributed by atoms with Crippen molar-refractivity contribution in [2.24, 2.45) is 0 Å². The first kappa shape index (κ1) is 27.2. The lowest BCUT2D eigenvalue weighted by Gasteiger charge is -2.21. The Hall–Kier alpha value is -5.36. The van der Waals surface area contributed by atoms with E-state index in [0.717, 1.165) is 5.56 Å². The number of nitrogens with zero attached hydrogens (tertiary/aromatic N) is 5. The van der Waals surface area contributed by atoms with E-state index in [1.165, 1.54) is 17.9 Å². The average molecular weight is 553 g/mol. The van der Waals surface area contributed by atoms with Crippen molar-refractivity contribution in [3.63, 3.8) is 0 Å². The topological polar surface area (TPSA) is 170 Å². The number of hydrogen-bond donors (Lipinski definition) is 4. The number of methoxy groups -OCH3 is 1. The molecule has 1 atom stereocenters. The number of aliphatic hydroxyl groups excluding tert-OH is 1. The van der Waals surface area contributed by atoms with Crippen LogP contribution in [0.1, 0.15) is 29.1 Å². The lowest BCUT2D eigenvalue weighted by Crippen LogP contribution is -2.30. The molecule has 1 amide bonds. The third-order valence-corrected chi connectivity index (χ3v) is 6.38. The van der Waals surface area contributed by atoms with Crippen LogP contribution in [-0.2, 0) is 0 Å². The Kier molecular flexibility index (Phi) is 7.83. The van der Waals surface area contributed by atoms with Crippen molar-refractivity contribution < 1.29 is 14.6 Å². The number of hydrogen-bond acceptors (Lipinski definition) is 10. The van der Waals surface area contributed by atoms with Crippen molar-refractivity contribution in [3.8, 4) is 22.7 Å². The third kappa shape index (κ3) is 5.54. The van der Waals surface area contributed by atoms with Crippen molar-refractivity contribution in [1.82, 2.24) is 29.8 Å². The Morgan fingerprint density at radius 3 is 2.66 bits per heavy atom. The molecule has 41 heavy (non-hydrogen) atoms. The van der Waals surface area contributed by atoms with Gasteiger partial charge in [-0.15, -0.1) is 0 Å². The zero-order valence-corrected chi connectivity index (χ0v) is 22.4. The molecular formula is C29H28N8O4. The molecule has 0 unspecified atom stereocenters. The molecule has 208 valence electrons. The van der Waals surface area contributed by atoms with Gasteiger partial charge in [0.25, 0.3) is 11.5 Å². The van der Waals surface area contributed by atoms with Gasteiger partial charge in [-0.2, -0.15) is 4.98 Å². The van der Waals surface area contributed by atoms with Crippen LogP contribution in [0, 0.1) is 0 Å². The van der Waals surface area contributed by atoms with Crippen LogP contribution in [0.3, 0.4) is 0 Å². The molecule has 3 aromatic heterocycles.